The number of nitrogens with one attached hydrogen (secondary N) is 1. The number of rotatable bonds is 5. The van der Waals surface area contributed by atoms with E-state index in [0.29, 0.717) is 11.4 Å². The van der Waals surface area contributed by atoms with Crippen molar-refractivity contribution in [3.8, 4) is 0 Å². The number of carboxylic acid groups (broad SMARTS) is 1. The van der Waals surface area contributed by atoms with Gasteiger partial charge in [0.15, 0.2) is 0 Å². The SMILES string of the molecule is COC(=O)c1ccnc(NC(C)C(C)C(=O)O)c1. The first kappa shape index (κ1) is 14.0. The highest BCUT2D eigenvalue weighted by Gasteiger charge is 2.19. The van der Waals surface area contributed by atoms with Crippen LogP contribution < -0.4 is 5.32 Å². The lowest BCUT2D eigenvalue weighted by atomic mass is 10.0. The van der Waals surface area contributed by atoms with Gasteiger partial charge in [0.2, 0.25) is 0 Å². The fourth-order valence-electron chi connectivity index (χ4n) is 1.33. The summed E-state index contributed by atoms with van der Waals surface area (Å²) in [6.07, 6.45) is 1.47. The van der Waals surface area contributed by atoms with Crippen molar-refractivity contribution in [1.29, 1.82) is 0 Å². The predicted molar refractivity (Wildman–Crippen MR) is 65.5 cm³/mol. The van der Waals surface area contributed by atoms with Crippen molar-refractivity contribution in [2.45, 2.75) is 19.9 Å². The van der Waals surface area contributed by atoms with Crippen LogP contribution in [0.5, 0.6) is 0 Å². The van der Waals surface area contributed by atoms with Gasteiger partial charge in [-0.1, -0.05) is 0 Å². The third kappa shape index (κ3) is 3.44. The summed E-state index contributed by atoms with van der Waals surface area (Å²) in [6, 6.07) is 2.75. The number of aromatic nitrogens is 1. The third-order valence-corrected chi connectivity index (χ3v) is 2.70. The topological polar surface area (TPSA) is 88.5 Å². The zero-order chi connectivity index (χ0) is 13.7. The Kier molecular flexibility index (Phi) is 4.65. The first-order valence-corrected chi connectivity index (χ1v) is 5.49. The van der Waals surface area contributed by atoms with E-state index in [1.165, 1.54) is 25.4 Å². The van der Waals surface area contributed by atoms with Crippen LogP contribution in [-0.2, 0) is 9.53 Å². The monoisotopic (exact) mass is 252 g/mol. The van der Waals surface area contributed by atoms with Crippen molar-refractivity contribution in [2.75, 3.05) is 12.4 Å². The molecule has 98 valence electrons. The molecule has 2 unspecified atom stereocenters. The second-order valence-electron chi connectivity index (χ2n) is 3.98. The largest absolute Gasteiger partial charge is 0.481 e. The molecule has 0 saturated heterocycles. The van der Waals surface area contributed by atoms with Crippen molar-refractivity contribution in [3.63, 3.8) is 0 Å². The van der Waals surface area contributed by atoms with Gasteiger partial charge in [0.1, 0.15) is 5.82 Å². The molecule has 0 spiro atoms. The second kappa shape index (κ2) is 6.00. The summed E-state index contributed by atoms with van der Waals surface area (Å²) in [7, 11) is 1.30. The molecule has 1 rings (SSSR count). The van der Waals surface area contributed by atoms with Crippen LogP contribution in [-0.4, -0.2) is 35.2 Å². The van der Waals surface area contributed by atoms with Gasteiger partial charge < -0.3 is 15.2 Å². The van der Waals surface area contributed by atoms with Gasteiger partial charge in [0.25, 0.3) is 0 Å². The Balaban J connectivity index is 2.79. The minimum Gasteiger partial charge on any atom is -0.481 e. The number of carboxylic acids is 1. The summed E-state index contributed by atoms with van der Waals surface area (Å²) in [5.41, 5.74) is 0.366. The van der Waals surface area contributed by atoms with Crippen molar-refractivity contribution < 1.29 is 19.4 Å². The van der Waals surface area contributed by atoms with Crippen LogP contribution in [0.15, 0.2) is 18.3 Å². The normalized spacial score (nSPS) is 13.5. The molecular weight excluding hydrogens is 236 g/mol. The van der Waals surface area contributed by atoms with E-state index in [2.05, 4.69) is 15.0 Å². The van der Waals surface area contributed by atoms with Crippen molar-refractivity contribution in [1.82, 2.24) is 4.98 Å². The maximum atomic E-state index is 11.3. The summed E-state index contributed by atoms with van der Waals surface area (Å²) in [5.74, 6) is -1.47. The maximum absolute atomic E-state index is 11.3. The van der Waals surface area contributed by atoms with Gasteiger partial charge in [-0.2, -0.15) is 0 Å². The van der Waals surface area contributed by atoms with Gasteiger partial charge in [-0.25, -0.2) is 9.78 Å². The highest BCUT2D eigenvalue weighted by molar-refractivity contribution is 5.90. The fourth-order valence-corrected chi connectivity index (χ4v) is 1.33. The summed E-state index contributed by atoms with van der Waals surface area (Å²) < 4.78 is 4.59. The van der Waals surface area contributed by atoms with Gasteiger partial charge in [0.05, 0.1) is 18.6 Å². The molecule has 0 radical (unpaired) electrons. The zero-order valence-corrected chi connectivity index (χ0v) is 10.5. The number of aliphatic carboxylic acids is 1. The van der Waals surface area contributed by atoms with E-state index < -0.39 is 17.9 Å². The molecule has 18 heavy (non-hydrogen) atoms. The van der Waals surface area contributed by atoms with E-state index in [1.807, 2.05) is 0 Å². The van der Waals surface area contributed by atoms with Crippen LogP contribution in [0.1, 0.15) is 24.2 Å². The first-order valence-electron chi connectivity index (χ1n) is 5.49. The molecule has 0 bridgehead atoms. The van der Waals surface area contributed by atoms with Gasteiger partial charge in [-0.05, 0) is 26.0 Å². The lowest BCUT2D eigenvalue weighted by Crippen LogP contribution is -2.30. The molecule has 0 aromatic carbocycles. The Labute approximate surface area is 105 Å². The smallest absolute Gasteiger partial charge is 0.338 e. The van der Waals surface area contributed by atoms with Crippen LogP contribution >= 0.6 is 0 Å². The Hall–Kier alpha value is -2.11. The van der Waals surface area contributed by atoms with Gasteiger partial charge in [-0.15, -0.1) is 0 Å². The number of nitrogens with zero attached hydrogens (tertiary/aromatic N) is 1. The number of anilines is 1. The highest BCUT2D eigenvalue weighted by Crippen LogP contribution is 2.12. The number of carbonyl (C=O) groups excluding carboxylic acids is 1. The van der Waals surface area contributed by atoms with Crippen LogP contribution in [0.4, 0.5) is 5.82 Å². The molecule has 2 atom stereocenters. The quantitative estimate of drug-likeness (QED) is 0.770. The van der Waals surface area contributed by atoms with Crippen molar-refractivity contribution >= 4 is 17.8 Å². The van der Waals surface area contributed by atoms with Gasteiger partial charge in [0, 0.05) is 12.2 Å². The van der Waals surface area contributed by atoms with E-state index in [0.717, 1.165) is 0 Å². The van der Waals surface area contributed by atoms with Crippen molar-refractivity contribution in [2.24, 2.45) is 5.92 Å². The third-order valence-electron chi connectivity index (χ3n) is 2.70. The molecule has 0 aliphatic carbocycles. The standard InChI is InChI=1S/C12H16N2O4/c1-7(11(15)16)8(2)14-10-6-9(4-5-13-10)12(17)18-3/h4-8H,1-3H3,(H,13,14)(H,15,16). The summed E-state index contributed by atoms with van der Waals surface area (Å²) >= 11 is 0. The van der Waals surface area contributed by atoms with Gasteiger partial charge in [-0.3, -0.25) is 4.79 Å². The average molecular weight is 252 g/mol. The van der Waals surface area contributed by atoms with Crippen LogP contribution in [0.3, 0.4) is 0 Å². The molecule has 0 amide bonds. The number of esters is 1. The Morgan fingerprint density at radius 1 is 1.44 bits per heavy atom. The molecular formula is C12H16N2O4. The molecule has 0 fully saturated rings. The number of ether oxygens (including phenoxy) is 1. The van der Waals surface area contributed by atoms with Crippen molar-refractivity contribution in [3.05, 3.63) is 23.9 Å². The van der Waals surface area contributed by atoms with E-state index in [-0.39, 0.29) is 6.04 Å². The first-order chi connectivity index (χ1) is 8.45. The fraction of sp³-hybridized carbons (Fsp3) is 0.417. The van der Waals surface area contributed by atoms with E-state index >= 15 is 0 Å². The Morgan fingerprint density at radius 2 is 2.11 bits per heavy atom. The molecule has 6 heteroatoms. The van der Waals surface area contributed by atoms with Gasteiger partial charge >= 0.3 is 11.9 Å². The molecule has 2 N–H and O–H groups in total. The van der Waals surface area contributed by atoms with Crippen LogP contribution in [0, 0.1) is 5.92 Å². The lowest BCUT2D eigenvalue weighted by molar-refractivity contribution is -0.141. The number of hydrogen-bond donors (Lipinski definition) is 2. The van der Waals surface area contributed by atoms with E-state index in [4.69, 9.17) is 5.11 Å². The summed E-state index contributed by atoms with van der Waals surface area (Å²) in [5, 5.41) is 11.8. The summed E-state index contributed by atoms with van der Waals surface area (Å²) in [6.45, 7) is 3.34. The minimum atomic E-state index is -0.890. The molecule has 0 aliphatic heterocycles. The summed E-state index contributed by atoms with van der Waals surface area (Å²) in [4.78, 5) is 26.2. The minimum absolute atomic E-state index is 0.303. The van der Waals surface area contributed by atoms with E-state index in [9.17, 15) is 9.59 Å². The highest BCUT2D eigenvalue weighted by atomic mass is 16.5. The van der Waals surface area contributed by atoms with E-state index in [1.54, 1.807) is 13.8 Å². The zero-order valence-electron chi connectivity index (χ0n) is 10.5. The maximum Gasteiger partial charge on any atom is 0.338 e. The molecule has 0 aliphatic rings. The number of methoxy groups -OCH3 is 1. The van der Waals surface area contributed by atoms with Crippen LogP contribution in [0.2, 0.25) is 0 Å². The average Bonchev–Trinajstić information content (AvgIpc) is 2.36. The predicted octanol–water partition coefficient (Wildman–Crippen LogP) is 1.39. The molecule has 1 aromatic heterocycles. The molecule has 0 saturated carbocycles. The molecule has 6 nitrogen and oxygen atoms in total. The number of pyridine rings is 1. The lowest BCUT2D eigenvalue weighted by Gasteiger charge is -2.18. The second-order valence-corrected chi connectivity index (χ2v) is 3.98. The van der Waals surface area contributed by atoms with Crippen LogP contribution in [0.25, 0.3) is 0 Å². The number of carbonyl (C=O) groups is 2. The molecule has 1 aromatic rings. The molecule has 1 heterocycles. The number of hydrogen-bond acceptors (Lipinski definition) is 5. The Bertz CT molecular complexity index is 447. The Morgan fingerprint density at radius 3 is 2.67 bits per heavy atom.